The van der Waals surface area contributed by atoms with E-state index in [4.69, 9.17) is 5.73 Å². The first-order valence-electron chi connectivity index (χ1n) is 7.08. The number of rotatable bonds is 3. The van der Waals surface area contributed by atoms with Gasteiger partial charge in [0.25, 0.3) is 5.56 Å². The Morgan fingerprint density at radius 3 is 2.74 bits per heavy atom. The molecule has 0 fully saturated rings. The standard InChI is InChI=1S/C16H15FN4OS/c1-9(2)21-13(22)7-6-12(20-21)15-14(19-16(18)23-15)10-4-3-5-11(17)8-10/h3-9H,1-2H3,(H2,18,19). The van der Waals surface area contributed by atoms with Crippen molar-refractivity contribution in [1.82, 2.24) is 14.8 Å². The lowest BCUT2D eigenvalue weighted by atomic mass is 10.1. The van der Waals surface area contributed by atoms with Gasteiger partial charge in [-0.2, -0.15) is 5.10 Å². The van der Waals surface area contributed by atoms with E-state index in [1.165, 1.54) is 34.2 Å². The van der Waals surface area contributed by atoms with E-state index in [9.17, 15) is 9.18 Å². The summed E-state index contributed by atoms with van der Waals surface area (Å²) >= 11 is 1.26. The third-order valence-electron chi connectivity index (χ3n) is 3.29. The summed E-state index contributed by atoms with van der Waals surface area (Å²) in [6.45, 7) is 3.76. The molecule has 3 rings (SSSR count). The number of halogens is 1. The Kier molecular flexibility index (Phi) is 3.96. The van der Waals surface area contributed by atoms with E-state index >= 15 is 0 Å². The molecule has 3 aromatic rings. The van der Waals surface area contributed by atoms with Crippen molar-refractivity contribution < 1.29 is 4.39 Å². The molecule has 0 saturated heterocycles. The van der Waals surface area contributed by atoms with E-state index in [1.54, 1.807) is 18.2 Å². The Morgan fingerprint density at radius 1 is 1.26 bits per heavy atom. The van der Waals surface area contributed by atoms with Gasteiger partial charge in [0, 0.05) is 11.6 Å². The van der Waals surface area contributed by atoms with Gasteiger partial charge in [0.15, 0.2) is 5.13 Å². The summed E-state index contributed by atoms with van der Waals surface area (Å²) in [4.78, 5) is 16.9. The van der Waals surface area contributed by atoms with Crippen LogP contribution in [0.5, 0.6) is 0 Å². The van der Waals surface area contributed by atoms with E-state index < -0.39 is 0 Å². The van der Waals surface area contributed by atoms with Crippen molar-refractivity contribution in [2.45, 2.75) is 19.9 Å². The van der Waals surface area contributed by atoms with Gasteiger partial charge in [-0.25, -0.2) is 14.1 Å². The average Bonchev–Trinajstić information content (AvgIpc) is 2.89. The molecule has 0 bridgehead atoms. The Hall–Kier alpha value is -2.54. The second kappa shape index (κ2) is 5.92. The summed E-state index contributed by atoms with van der Waals surface area (Å²) in [5.74, 6) is -0.347. The summed E-state index contributed by atoms with van der Waals surface area (Å²) in [5, 5.41) is 4.75. The minimum atomic E-state index is -0.347. The largest absolute Gasteiger partial charge is 0.375 e. The molecule has 0 saturated carbocycles. The van der Waals surface area contributed by atoms with E-state index in [2.05, 4.69) is 10.1 Å². The molecule has 0 aliphatic carbocycles. The van der Waals surface area contributed by atoms with Gasteiger partial charge in [-0.1, -0.05) is 23.5 Å². The molecule has 5 nitrogen and oxygen atoms in total. The minimum absolute atomic E-state index is 0.0645. The molecule has 0 amide bonds. The molecule has 0 aliphatic rings. The van der Waals surface area contributed by atoms with Gasteiger partial charge in [0.2, 0.25) is 0 Å². The van der Waals surface area contributed by atoms with E-state index in [1.807, 2.05) is 13.8 Å². The number of anilines is 1. The van der Waals surface area contributed by atoms with Gasteiger partial charge >= 0.3 is 0 Å². The van der Waals surface area contributed by atoms with Crippen LogP contribution in [-0.2, 0) is 0 Å². The fraction of sp³-hybridized carbons (Fsp3) is 0.188. The predicted octanol–water partition coefficient (Wildman–Crippen LogP) is 3.34. The van der Waals surface area contributed by atoms with Crippen LogP contribution in [0.3, 0.4) is 0 Å². The van der Waals surface area contributed by atoms with Crippen molar-refractivity contribution in [3.05, 3.63) is 52.6 Å². The number of hydrogen-bond acceptors (Lipinski definition) is 5. The number of hydrogen-bond donors (Lipinski definition) is 1. The number of aromatic nitrogens is 3. The molecule has 118 valence electrons. The molecule has 0 aliphatic heterocycles. The summed E-state index contributed by atoms with van der Waals surface area (Å²) in [7, 11) is 0. The molecular formula is C16H15FN4OS. The van der Waals surface area contributed by atoms with Gasteiger partial charge in [0.05, 0.1) is 16.6 Å². The van der Waals surface area contributed by atoms with Crippen LogP contribution in [0, 0.1) is 5.82 Å². The second-order valence-corrected chi connectivity index (χ2v) is 6.37. The van der Waals surface area contributed by atoms with Crippen LogP contribution < -0.4 is 11.3 Å². The number of benzene rings is 1. The number of nitrogens with zero attached hydrogens (tertiary/aromatic N) is 3. The van der Waals surface area contributed by atoms with Crippen molar-refractivity contribution in [2.24, 2.45) is 0 Å². The molecule has 0 atom stereocenters. The van der Waals surface area contributed by atoms with E-state index in [-0.39, 0.29) is 17.4 Å². The SMILES string of the molecule is CC(C)n1nc(-c2sc(N)nc2-c2cccc(F)c2)ccc1=O. The lowest BCUT2D eigenvalue weighted by Gasteiger charge is -2.09. The Morgan fingerprint density at radius 2 is 2.04 bits per heavy atom. The molecule has 2 aromatic heterocycles. The highest BCUT2D eigenvalue weighted by Crippen LogP contribution is 2.36. The third-order valence-corrected chi connectivity index (χ3v) is 4.20. The number of nitrogen functional groups attached to an aromatic ring is 1. The summed E-state index contributed by atoms with van der Waals surface area (Å²) in [5.41, 5.74) is 7.44. The first-order chi connectivity index (χ1) is 11.0. The Labute approximate surface area is 136 Å². The highest BCUT2D eigenvalue weighted by molar-refractivity contribution is 7.19. The van der Waals surface area contributed by atoms with Crippen LogP contribution in [0.25, 0.3) is 21.8 Å². The quantitative estimate of drug-likeness (QED) is 0.799. The molecule has 1 aromatic carbocycles. The van der Waals surface area contributed by atoms with Crippen LogP contribution in [0.1, 0.15) is 19.9 Å². The fourth-order valence-electron chi connectivity index (χ4n) is 2.26. The lowest BCUT2D eigenvalue weighted by Crippen LogP contribution is -2.23. The van der Waals surface area contributed by atoms with Gasteiger partial charge in [0.1, 0.15) is 11.5 Å². The molecular weight excluding hydrogens is 315 g/mol. The van der Waals surface area contributed by atoms with Crippen molar-refractivity contribution in [2.75, 3.05) is 5.73 Å². The molecule has 2 heterocycles. The van der Waals surface area contributed by atoms with Gasteiger partial charge in [-0.3, -0.25) is 4.79 Å². The van der Waals surface area contributed by atoms with Crippen LogP contribution in [0.4, 0.5) is 9.52 Å². The van der Waals surface area contributed by atoms with Crippen LogP contribution in [0.15, 0.2) is 41.2 Å². The predicted molar refractivity (Wildman–Crippen MR) is 89.8 cm³/mol. The van der Waals surface area contributed by atoms with Crippen molar-refractivity contribution >= 4 is 16.5 Å². The maximum absolute atomic E-state index is 13.5. The van der Waals surface area contributed by atoms with Crippen LogP contribution >= 0.6 is 11.3 Å². The Balaban J connectivity index is 2.18. The highest BCUT2D eigenvalue weighted by atomic mass is 32.1. The smallest absolute Gasteiger partial charge is 0.267 e. The maximum Gasteiger partial charge on any atom is 0.267 e. The maximum atomic E-state index is 13.5. The minimum Gasteiger partial charge on any atom is -0.375 e. The summed E-state index contributed by atoms with van der Waals surface area (Å²) in [6, 6.07) is 9.19. The Bertz CT molecular complexity index is 916. The highest BCUT2D eigenvalue weighted by Gasteiger charge is 2.17. The number of thiazole rings is 1. The molecule has 7 heteroatoms. The summed E-state index contributed by atoms with van der Waals surface area (Å²) < 4.78 is 14.9. The topological polar surface area (TPSA) is 73.8 Å². The van der Waals surface area contributed by atoms with E-state index in [0.717, 1.165) is 0 Å². The zero-order chi connectivity index (χ0) is 16.6. The van der Waals surface area contributed by atoms with Crippen molar-refractivity contribution in [3.63, 3.8) is 0 Å². The molecule has 0 unspecified atom stereocenters. The molecule has 0 spiro atoms. The van der Waals surface area contributed by atoms with Crippen LogP contribution in [0.2, 0.25) is 0 Å². The van der Waals surface area contributed by atoms with Gasteiger partial charge in [-0.05, 0) is 32.0 Å². The second-order valence-electron chi connectivity index (χ2n) is 5.34. The molecule has 0 radical (unpaired) electrons. The zero-order valence-electron chi connectivity index (χ0n) is 12.7. The number of nitrogens with two attached hydrogens (primary N) is 1. The normalized spacial score (nSPS) is 11.1. The monoisotopic (exact) mass is 330 g/mol. The van der Waals surface area contributed by atoms with Crippen LogP contribution in [-0.4, -0.2) is 14.8 Å². The summed E-state index contributed by atoms with van der Waals surface area (Å²) in [6.07, 6.45) is 0. The van der Waals surface area contributed by atoms with Gasteiger partial charge < -0.3 is 5.73 Å². The first kappa shape index (κ1) is 15.4. The molecule has 2 N–H and O–H groups in total. The van der Waals surface area contributed by atoms with E-state index in [0.29, 0.717) is 27.0 Å². The van der Waals surface area contributed by atoms with Crippen molar-refractivity contribution in [1.29, 1.82) is 0 Å². The first-order valence-corrected chi connectivity index (χ1v) is 7.90. The average molecular weight is 330 g/mol. The zero-order valence-corrected chi connectivity index (χ0v) is 13.5. The lowest BCUT2D eigenvalue weighted by molar-refractivity contribution is 0.505. The van der Waals surface area contributed by atoms with Crippen molar-refractivity contribution in [3.8, 4) is 21.8 Å². The van der Waals surface area contributed by atoms with Gasteiger partial charge in [-0.15, -0.1) is 0 Å². The third kappa shape index (κ3) is 3.00. The fourth-order valence-corrected chi connectivity index (χ4v) is 3.08. The molecule has 23 heavy (non-hydrogen) atoms.